The standard InChI is InChI=1S/C17H21N3/c1-3-12-6-7-14(9-13(12)4-1)16-11-19-17(20-16)15-5-2-8-18-10-15/h6-7,9,11,15,18H,1-5,8,10H2,(H,19,20). The van der Waals surface area contributed by atoms with E-state index >= 15 is 0 Å². The van der Waals surface area contributed by atoms with Crippen LogP contribution in [0.15, 0.2) is 24.4 Å². The highest BCUT2D eigenvalue weighted by atomic mass is 15.0. The Morgan fingerprint density at radius 2 is 2.05 bits per heavy atom. The Hall–Kier alpha value is -1.61. The van der Waals surface area contributed by atoms with Gasteiger partial charge in [-0.2, -0.15) is 0 Å². The van der Waals surface area contributed by atoms with Crippen LogP contribution in [0.1, 0.15) is 42.1 Å². The van der Waals surface area contributed by atoms with Crippen molar-refractivity contribution < 1.29 is 0 Å². The van der Waals surface area contributed by atoms with Gasteiger partial charge < -0.3 is 10.3 Å². The molecule has 1 saturated heterocycles. The summed E-state index contributed by atoms with van der Waals surface area (Å²) < 4.78 is 0. The van der Waals surface area contributed by atoms with Gasteiger partial charge in [-0.3, -0.25) is 0 Å². The highest BCUT2D eigenvalue weighted by Gasteiger charge is 2.18. The largest absolute Gasteiger partial charge is 0.342 e. The number of hydrogen-bond acceptors (Lipinski definition) is 2. The van der Waals surface area contributed by atoms with Gasteiger partial charge in [-0.15, -0.1) is 0 Å². The number of rotatable bonds is 2. The Labute approximate surface area is 119 Å². The quantitative estimate of drug-likeness (QED) is 0.878. The lowest BCUT2D eigenvalue weighted by molar-refractivity contribution is 0.449. The molecule has 0 radical (unpaired) electrons. The lowest BCUT2D eigenvalue weighted by Gasteiger charge is -2.20. The molecule has 0 bridgehead atoms. The number of piperidine rings is 1. The van der Waals surface area contributed by atoms with Crippen molar-refractivity contribution in [2.24, 2.45) is 0 Å². The predicted octanol–water partition coefficient (Wildman–Crippen LogP) is 3.03. The third-order valence-electron chi connectivity index (χ3n) is 4.69. The smallest absolute Gasteiger partial charge is 0.110 e. The molecule has 1 fully saturated rings. The maximum Gasteiger partial charge on any atom is 0.110 e. The molecule has 0 saturated carbocycles. The number of H-pyrrole nitrogens is 1. The van der Waals surface area contributed by atoms with Gasteiger partial charge in [-0.05, 0) is 61.4 Å². The van der Waals surface area contributed by atoms with Crippen LogP contribution in [0.5, 0.6) is 0 Å². The second-order valence-electron chi connectivity index (χ2n) is 6.06. The number of imidazole rings is 1. The molecular formula is C17H21N3. The first-order valence-electron chi connectivity index (χ1n) is 7.78. The first kappa shape index (κ1) is 12.2. The molecule has 3 heteroatoms. The molecule has 2 aliphatic rings. The zero-order chi connectivity index (χ0) is 13.4. The van der Waals surface area contributed by atoms with Crippen LogP contribution in [0.4, 0.5) is 0 Å². The van der Waals surface area contributed by atoms with Gasteiger partial charge in [0.2, 0.25) is 0 Å². The first-order chi connectivity index (χ1) is 9.90. The van der Waals surface area contributed by atoms with Crippen molar-refractivity contribution in [2.75, 3.05) is 13.1 Å². The van der Waals surface area contributed by atoms with Crippen molar-refractivity contribution in [3.63, 3.8) is 0 Å². The molecule has 104 valence electrons. The number of hydrogen-bond donors (Lipinski definition) is 2. The lowest BCUT2D eigenvalue weighted by atomic mass is 9.99. The Kier molecular flexibility index (Phi) is 3.07. The van der Waals surface area contributed by atoms with E-state index in [1.807, 2.05) is 6.20 Å². The number of aromatic nitrogens is 2. The number of aryl methyl sites for hydroxylation is 2. The molecule has 1 aliphatic carbocycles. The van der Waals surface area contributed by atoms with E-state index in [9.17, 15) is 0 Å². The van der Waals surface area contributed by atoms with Crippen molar-refractivity contribution in [3.05, 3.63) is 41.3 Å². The fourth-order valence-corrected chi connectivity index (χ4v) is 3.52. The average Bonchev–Trinajstić information content (AvgIpc) is 3.16. The number of benzene rings is 1. The second kappa shape index (κ2) is 5.06. The highest BCUT2D eigenvalue weighted by molar-refractivity contribution is 5.61. The van der Waals surface area contributed by atoms with Gasteiger partial charge in [0.1, 0.15) is 5.82 Å². The zero-order valence-corrected chi connectivity index (χ0v) is 11.8. The molecular weight excluding hydrogens is 246 g/mol. The van der Waals surface area contributed by atoms with Gasteiger partial charge in [0.05, 0.1) is 11.9 Å². The summed E-state index contributed by atoms with van der Waals surface area (Å²) in [5, 5.41) is 3.46. The number of nitrogens with zero attached hydrogens (tertiary/aromatic N) is 1. The van der Waals surface area contributed by atoms with Gasteiger partial charge in [0.25, 0.3) is 0 Å². The molecule has 2 N–H and O–H groups in total. The van der Waals surface area contributed by atoms with Crippen LogP contribution in [0.25, 0.3) is 11.3 Å². The van der Waals surface area contributed by atoms with Crippen LogP contribution in [0.2, 0.25) is 0 Å². The summed E-state index contributed by atoms with van der Waals surface area (Å²) in [6.45, 7) is 2.20. The van der Waals surface area contributed by atoms with E-state index in [4.69, 9.17) is 0 Å². The van der Waals surface area contributed by atoms with Crippen molar-refractivity contribution in [1.29, 1.82) is 0 Å². The minimum absolute atomic E-state index is 0.548. The summed E-state index contributed by atoms with van der Waals surface area (Å²) >= 11 is 0. The molecule has 4 rings (SSSR count). The monoisotopic (exact) mass is 267 g/mol. The van der Waals surface area contributed by atoms with Crippen LogP contribution in [-0.4, -0.2) is 23.1 Å². The van der Waals surface area contributed by atoms with E-state index in [0.29, 0.717) is 5.92 Å². The summed E-state index contributed by atoms with van der Waals surface area (Å²) in [7, 11) is 0. The zero-order valence-electron chi connectivity index (χ0n) is 11.8. The van der Waals surface area contributed by atoms with Gasteiger partial charge >= 0.3 is 0 Å². The molecule has 20 heavy (non-hydrogen) atoms. The molecule has 2 aromatic rings. The van der Waals surface area contributed by atoms with Crippen LogP contribution in [0.3, 0.4) is 0 Å². The Bertz CT molecular complexity index is 608. The van der Waals surface area contributed by atoms with Crippen molar-refractivity contribution in [1.82, 2.24) is 15.3 Å². The van der Waals surface area contributed by atoms with E-state index in [1.54, 1.807) is 0 Å². The van der Waals surface area contributed by atoms with Gasteiger partial charge in [0.15, 0.2) is 0 Å². The van der Waals surface area contributed by atoms with E-state index in [1.165, 1.54) is 54.5 Å². The van der Waals surface area contributed by atoms with Crippen molar-refractivity contribution >= 4 is 0 Å². The molecule has 0 spiro atoms. The topological polar surface area (TPSA) is 40.7 Å². The maximum atomic E-state index is 4.61. The Morgan fingerprint density at radius 3 is 2.95 bits per heavy atom. The SMILES string of the molecule is c1cc2c(cc1-c1cnc(C3CCCNC3)[nH]1)CCC2. The molecule has 1 unspecified atom stereocenters. The summed E-state index contributed by atoms with van der Waals surface area (Å²) in [6, 6.07) is 6.87. The molecule has 1 aliphatic heterocycles. The molecule has 0 amide bonds. The minimum Gasteiger partial charge on any atom is -0.342 e. The Morgan fingerprint density at radius 1 is 1.10 bits per heavy atom. The molecule has 1 aromatic carbocycles. The molecule has 3 nitrogen and oxygen atoms in total. The molecule has 2 heterocycles. The summed E-state index contributed by atoms with van der Waals surface area (Å²) in [4.78, 5) is 8.15. The molecule has 1 aromatic heterocycles. The first-order valence-corrected chi connectivity index (χ1v) is 7.78. The van der Waals surface area contributed by atoms with Gasteiger partial charge in [0, 0.05) is 12.5 Å². The number of fused-ring (bicyclic) bond motifs is 1. The van der Waals surface area contributed by atoms with Crippen molar-refractivity contribution in [2.45, 2.75) is 38.0 Å². The van der Waals surface area contributed by atoms with E-state index in [0.717, 1.165) is 18.9 Å². The number of nitrogens with one attached hydrogen (secondary N) is 2. The second-order valence-corrected chi connectivity index (χ2v) is 6.06. The predicted molar refractivity (Wildman–Crippen MR) is 80.9 cm³/mol. The third kappa shape index (κ3) is 2.16. The number of aromatic amines is 1. The van der Waals surface area contributed by atoms with Crippen LogP contribution >= 0.6 is 0 Å². The van der Waals surface area contributed by atoms with Crippen molar-refractivity contribution in [3.8, 4) is 11.3 Å². The van der Waals surface area contributed by atoms with Gasteiger partial charge in [-0.1, -0.05) is 12.1 Å². The Balaban J connectivity index is 1.61. The third-order valence-corrected chi connectivity index (χ3v) is 4.69. The van der Waals surface area contributed by atoms with Gasteiger partial charge in [-0.25, -0.2) is 4.98 Å². The highest BCUT2D eigenvalue weighted by Crippen LogP contribution is 2.28. The fraction of sp³-hybridized carbons (Fsp3) is 0.471. The van der Waals surface area contributed by atoms with Crippen LogP contribution < -0.4 is 5.32 Å². The molecule has 1 atom stereocenters. The lowest BCUT2D eigenvalue weighted by Crippen LogP contribution is -2.28. The van der Waals surface area contributed by atoms with E-state index < -0.39 is 0 Å². The summed E-state index contributed by atoms with van der Waals surface area (Å²) in [5.74, 6) is 1.69. The van der Waals surface area contributed by atoms with E-state index in [2.05, 4.69) is 33.5 Å². The maximum absolute atomic E-state index is 4.61. The van der Waals surface area contributed by atoms with Crippen LogP contribution in [0, 0.1) is 0 Å². The average molecular weight is 267 g/mol. The fourth-order valence-electron chi connectivity index (χ4n) is 3.52. The summed E-state index contributed by atoms with van der Waals surface area (Å²) in [5.41, 5.74) is 5.51. The summed E-state index contributed by atoms with van der Waals surface area (Å²) in [6.07, 6.45) is 8.28. The van der Waals surface area contributed by atoms with Crippen LogP contribution in [-0.2, 0) is 12.8 Å². The van der Waals surface area contributed by atoms with E-state index in [-0.39, 0.29) is 0 Å². The normalized spacial score (nSPS) is 21.9. The minimum atomic E-state index is 0.548.